The highest BCUT2D eigenvalue weighted by Crippen LogP contribution is 2.32. The van der Waals surface area contributed by atoms with Crippen molar-refractivity contribution in [3.63, 3.8) is 0 Å². The van der Waals surface area contributed by atoms with Gasteiger partial charge in [0.1, 0.15) is 11.9 Å². The van der Waals surface area contributed by atoms with Crippen LogP contribution in [0.5, 0.6) is 0 Å². The van der Waals surface area contributed by atoms with Crippen LogP contribution in [0.4, 0.5) is 4.39 Å². The zero-order valence-corrected chi connectivity index (χ0v) is 12.0. The van der Waals surface area contributed by atoms with Gasteiger partial charge in [-0.15, -0.1) is 0 Å². The van der Waals surface area contributed by atoms with E-state index >= 15 is 0 Å². The number of aliphatic carboxylic acids is 1. The number of carboxylic acid groups (broad SMARTS) is 1. The van der Waals surface area contributed by atoms with Crippen LogP contribution in [-0.2, 0) is 16.0 Å². The lowest BCUT2D eigenvalue weighted by molar-refractivity contribution is -0.142. The number of amides is 1. The highest BCUT2D eigenvalue weighted by Gasteiger charge is 2.37. The van der Waals surface area contributed by atoms with Crippen LogP contribution in [0, 0.1) is 17.7 Å². The SMILES string of the molecule is CC(CC(=O)NC(C(=O)O)C1CC1)Cc1cccc(F)c1. The molecule has 1 aliphatic carbocycles. The van der Waals surface area contributed by atoms with E-state index in [4.69, 9.17) is 5.11 Å². The lowest BCUT2D eigenvalue weighted by Crippen LogP contribution is -2.42. The number of benzene rings is 1. The van der Waals surface area contributed by atoms with Gasteiger partial charge in [-0.3, -0.25) is 4.79 Å². The van der Waals surface area contributed by atoms with E-state index in [1.807, 2.05) is 13.0 Å². The number of nitrogens with one attached hydrogen (secondary N) is 1. The summed E-state index contributed by atoms with van der Waals surface area (Å²) >= 11 is 0. The molecular formula is C16H20FNO3. The molecule has 1 aromatic carbocycles. The third-order valence-electron chi connectivity index (χ3n) is 3.68. The van der Waals surface area contributed by atoms with E-state index in [1.54, 1.807) is 6.07 Å². The van der Waals surface area contributed by atoms with Gasteiger partial charge in [0.25, 0.3) is 0 Å². The first-order valence-corrected chi connectivity index (χ1v) is 7.22. The first-order chi connectivity index (χ1) is 9.95. The largest absolute Gasteiger partial charge is 0.480 e. The summed E-state index contributed by atoms with van der Waals surface area (Å²) in [7, 11) is 0. The minimum atomic E-state index is -0.969. The molecule has 114 valence electrons. The fraction of sp³-hybridized carbons (Fsp3) is 0.500. The Bertz CT molecular complexity index is 528. The van der Waals surface area contributed by atoms with Crippen LogP contribution < -0.4 is 5.32 Å². The van der Waals surface area contributed by atoms with Crippen LogP contribution in [0.1, 0.15) is 31.7 Å². The Morgan fingerprint density at radius 2 is 2.14 bits per heavy atom. The average Bonchev–Trinajstić information content (AvgIpc) is 3.19. The molecule has 0 aromatic heterocycles. The van der Waals surface area contributed by atoms with E-state index in [1.165, 1.54) is 12.1 Å². The summed E-state index contributed by atoms with van der Waals surface area (Å²) in [5.74, 6) is -1.41. The third-order valence-corrected chi connectivity index (χ3v) is 3.68. The fourth-order valence-electron chi connectivity index (χ4n) is 2.50. The summed E-state index contributed by atoms with van der Waals surface area (Å²) in [4.78, 5) is 23.0. The number of rotatable bonds is 7. The predicted octanol–water partition coefficient (Wildman–Crippen LogP) is 2.37. The van der Waals surface area contributed by atoms with E-state index in [-0.39, 0.29) is 30.0 Å². The van der Waals surface area contributed by atoms with Gasteiger partial charge in [0.15, 0.2) is 0 Å². The molecule has 1 saturated carbocycles. The highest BCUT2D eigenvalue weighted by atomic mass is 19.1. The summed E-state index contributed by atoms with van der Waals surface area (Å²) in [5.41, 5.74) is 0.840. The summed E-state index contributed by atoms with van der Waals surface area (Å²) in [6, 6.07) is 5.54. The van der Waals surface area contributed by atoms with Crippen LogP contribution in [0.2, 0.25) is 0 Å². The third kappa shape index (κ3) is 4.85. The molecule has 5 heteroatoms. The monoisotopic (exact) mass is 293 g/mol. The second-order valence-corrected chi connectivity index (χ2v) is 5.86. The van der Waals surface area contributed by atoms with Gasteiger partial charge in [-0.1, -0.05) is 19.1 Å². The Labute approximate surface area is 123 Å². The molecule has 0 aliphatic heterocycles. The lowest BCUT2D eigenvalue weighted by atomic mass is 9.97. The summed E-state index contributed by atoms with van der Waals surface area (Å²) in [5, 5.41) is 11.7. The van der Waals surface area contributed by atoms with E-state index in [0.717, 1.165) is 18.4 Å². The van der Waals surface area contributed by atoms with Gasteiger partial charge < -0.3 is 10.4 Å². The number of carbonyl (C=O) groups excluding carboxylic acids is 1. The molecule has 0 radical (unpaired) electrons. The van der Waals surface area contributed by atoms with Crippen molar-refractivity contribution in [3.8, 4) is 0 Å². The summed E-state index contributed by atoms with van der Waals surface area (Å²) in [6.45, 7) is 1.90. The first kappa shape index (κ1) is 15.5. The first-order valence-electron chi connectivity index (χ1n) is 7.22. The molecule has 0 bridgehead atoms. The van der Waals surface area contributed by atoms with Crippen molar-refractivity contribution >= 4 is 11.9 Å². The maximum absolute atomic E-state index is 13.1. The second kappa shape index (κ2) is 6.70. The number of carbonyl (C=O) groups is 2. The Morgan fingerprint density at radius 3 is 2.71 bits per heavy atom. The van der Waals surface area contributed by atoms with E-state index < -0.39 is 12.0 Å². The normalized spacial score (nSPS) is 17.0. The van der Waals surface area contributed by atoms with Gasteiger partial charge in [0.2, 0.25) is 5.91 Å². The van der Waals surface area contributed by atoms with Gasteiger partial charge >= 0.3 is 5.97 Å². The van der Waals surface area contributed by atoms with Crippen LogP contribution in [-0.4, -0.2) is 23.0 Å². The van der Waals surface area contributed by atoms with Gasteiger partial charge in [-0.05, 0) is 48.8 Å². The van der Waals surface area contributed by atoms with Crippen molar-refractivity contribution in [2.45, 2.75) is 38.6 Å². The predicted molar refractivity (Wildman–Crippen MR) is 76.2 cm³/mol. The highest BCUT2D eigenvalue weighted by molar-refractivity contribution is 5.84. The molecule has 1 aliphatic rings. The molecule has 2 rings (SSSR count). The molecule has 2 atom stereocenters. The smallest absolute Gasteiger partial charge is 0.326 e. The number of hydrogen-bond donors (Lipinski definition) is 2. The van der Waals surface area contributed by atoms with Crippen LogP contribution >= 0.6 is 0 Å². The maximum Gasteiger partial charge on any atom is 0.326 e. The van der Waals surface area contributed by atoms with Crippen molar-refractivity contribution in [3.05, 3.63) is 35.6 Å². The van der Waals surface area contributed by atoms with Crippen molar-refractivity contribution in [2.75, 3.05) is 0 Å². The number of halogens is 1. The fourth-order valence-corrected chi connectivity index (χ4v) is 2.50. The lowest BCUT2D eigenvalue weighted by Gasteiger charge is -2.16. The van der Waals surface area contributed by atoms with E-state index in [0.29, 0.717) is 6.42 Å². The number of carboxylic acids is 1. The molecule has 4 nitrogen and oxygen atoms in total. The molecule has 21 heavy (non-hydrogen) atoms. The molecule has 1 aromatic rings. The van der Waals surface area contributed by atoms with Gasteiger partial charge in [0.05, 0.1) is 0 Å². The molecule has 0 heterocycles. The van der Waals surface area contributed by atoms with E-state index in [2.05, 4.69) is 5.32 Å². The molecule has 0 saturated heterocycles. The van der Waals surface area contributed by atoms with Crippen LogP contribution in [0.25, 0.3) is 0 Å². The minimum Gasteiger partial charge on any atom is -0.480 e. The van der Waals surface area contributed by atoms with Crippen molar-refractivity contribution in [1.82, 2.24) is 5.32 Å². The summed E-state index contributed by atoms with van der Waals surface area (Å²) in [6.07, 6.45) is 2.55. The van der Waals surface area contributed by atoms with Crippen LogP contribution in [0.15, 0.2) is 24.3 Å². The van der Waals surface area contributed by atoms with Gasteiger partial charge in [-0.2, -0.15) is 0 Å². The molecular weight excluding hydrogens is 273 g/mol. The maximum atomic E-state index is 13.1. The van der Waals surface area contributed by atoms with Crippen LogP contribution in [0.3, 0.4) is 0 Å². The zero-order valence-electron chi connectivity index (χ0n) is 12.0. The molecule has 1 amide bonds. The minimum absolute atomic E-state index is 0.0282. The average molecular weight is 293 g/mol. The quantitative estimate of drug-likeness (QED) is 0.811. The Hall–Kier alpha value is -1.91. The van der Waals surface area contributed by atoms with Gasteiger partial charge in [0, 0.05) is 6.42 Å². The van der Waals surface area contributed by atoms with Gasteiger partial charge in [-0.25, -0.2) is 9.18 Å². The molecule has 0 spiro atoms. The van der Waals surface area contributed by atoms with Crippen molar-refractivity contribution < 1.29 is 19.1 Å². The van der Waals surface area contributed by atoms with E-state index in [9.17, 15) is 14.0 Å². The second-order valence-electron chi connectivity index (χ2n) is 5.86. The molecule has 2 unspecified atom stereocenters. The topological polar surface area (TPSA) is 66.4 Å². The number of hydrogen-bond acceptors (Lipinski definition) is 2. The van der Waals surface area contributed by atoms with Crippen molar-refractivity contribution in [1.29, 1.82) is 0 Å². The molecule has 2 N–H and O–H groups in total. The summed E-state index contributed by atoms with van der Waals surface area (Å²) < 4.78 is 13.1. The Kier molecular flexibility index (Phi) is 4.94. The Balaban J connectivity index is 1.82. The Morgan fingerprint density at radius 1 is 1.43 bits per heavy atom. The standard InChI is InChI=1S/C16H20FNO3/c1-10(7-11-3-2-4-13(17)9-11)8-14(19)18-15(16(20)21)12-5-6-12/h2-4,9-10,12,15H,5-8H2,1H3,(H,18,19)(H,20,21). The zero-order chi connectivity index (χ0) is 15.4. The molecule has 1 fully saturated rings. The van der Waals surface area contributed by atoms with Crippen molar-refractivity contribution in [2.24, 2.45) is 11.8 Å².